The van der Waals surface area contributed by atoms with Gasteiger partial charge < -0.3 is 10.4 Å². The molecule has 0 radical (unpaired) electrons. The van der Waals surface area contributed by atoms with Crippen LogP contribution < -0.4 is 5.32 Å². The van der Waals surface area contributed by atoms with Crippen LogP contribution in [0.15, 0.2) is 42.5 Å². The summed E-state index contributed by atoms with van der Waals surface area (Å²) in [6, 6.07) is 10.6. The Morgan fingerprint density at radius 3 is 2.54 bits per heavy atom. The summed E-state index contributed by atoms with van der Waals surface area (Å²) in [6.45, 7) is 3.35. The molecule has 1 unspecified atom stereocenters. The lowest BCUT2D eigenvalue weighted by Gasteiger charge is -2.13. The van der Waals surface area contributed by atoms with E-state index in [1.807, 2.05) is 31.2 Å². The van der Waals surface area contributed by atoms with Crippen LogP contribution in [0.1, 0.15) is 46.4 Å². The van der Waals surface area contributed by atoms with Crippen LogP contribution >= 0.6 is 0 Å². The van der Waals surface area contributed by atoms with E-state index < -0.39 is 16.9 Å². The van der Waals surface area contributed by atoms with Crippen molar-refractivity contribution < 1.29 is 19.6 Å². The van der Waals surface area contributed by atoms with Crippen molar-refractivity contribution in [2.24, 2.45) is 0 Å². The number of aryl methyl sites for hydroxylation is 2. The predicted molar refractivity (Wildman–Crippen MR) is 96.9 cm³/mol. The summed E-state index contributed by atoms with van der Waals surface area (Å²) in [5.74, 6) is -1.49. The van der Waals surface area contributed by atoms with E-state index in [0.717, 1.165) is 11.1 Å². The number of benzene rings is 2. The van der Waals surface area contributed by atoms with E-state index in [0.29, 0.717) is 6.42 Å². The Morgan fingerprint density at radius 2 is 1.92 bits per heavy atom. The first-order valence-corrected chi connectivity index (χ1v) is 8.14. The lowest BCUT2D eigenvalue weighted by Crippen LogP contribution is -2.17. The van der Waals surface area contributed by atoms with Crippen LogP contribution in [-0.2, 0) is 11.2 Å². The molecule has 2 rings (SSSR count). The van der Waals surface area contributed by atoms with Crippen LogP contribution in [0.3, 0.4) is 0 Å². The fraction of sp³-hybridized carbons (Fsp3) is 0.263. The maximum atomic E-state index is 12.3. The van der Waals surface area contributed by atoms with Crippen LogP contribution in [-0.4, -0.2) is 21.9 Å². The molecule has 7 heteroatoms. The molecule has 2 aromatic carbocycles. The number of amides is 1. The highest BCUT2D eigenvalue weighted by molar-refractivity contribution is 5.95. The monoisotopic (exact) mass is 356 g/mol. The minimum Gasteiger partial charge on any atom is -0.478 e. The van der Waals surface area contributed by atoms with E-state index in [9.17, 15) is 19.7 Å². The number of anilines is 1. The van der Waals surface area contributed by atoms with E-state index in [4.69, 9.17) is 5.11 Å². The minimum atomic E-state index is -1.17. The molecule has 0 saturated heterocycles. The zero-order valence-electron chi connectivity index (χ0n) is 14.6. The summed E-state index contributed by atoms with van der Waals surface area (Å²) in [5, 5.41) is 22.8. The predicted octanol–water partition coefficient (Wildman–Crippen LogP) is 3.60. The minimum absolute atomic E-state index is 0.0431. The SMILES string of the molecule is Cc1ccccc1CCC(=O)Nc1cc(C(=O)O)ccc1C(C)[N+](=O)[O-]. The van der Waals surface area contributed by atoms with Gasteiger partial charge in [0.2, 0.25) is 11.9 Å². The Morgan fingerprint density at radius 1 is 1.23 bits per heavy atom. The van der Waals surface area contributed by atoms with Crippen molar-refractivity contribution in [3.63, 3.8) is 0 Å². The molecule has 1 atom stereocenters. The van der Waals surface area contributed by atoms with Gasteiger partial charge in [0, 0.05) is 23.8 Å². The number of hydrogen-bond acceptors (Lipinski definition) is 4. The summed E-state index contributed by atoms with van der Waals surface area (Å²) in [4.78, 5) is 34.0. The van der Waals surface area contributed by atoms with Crippen molar-refractivity contribution in [3.8, 4) is 0 Å². The van der Waals surface area contributed by atoms with Gasteiger partial charge in [0.25, 0.3) is 0 Å². The number of carbonyl (C=O) groups excluding carboxylic acids is 1. The van der Waals surface area contributed by atoms with Crippen molar-refractivity contribution in [2.45, 2.75) is 32.7 Å². The Balaban J connectivity index is 2.19. The molecular weight excluding hydrogens is 336 g/mol. The standard InChI is InChI=1S/C19H20N2O5/c1-12-5-3-4-6-14(12)8-10-18(22)20-17-11-15(19(23)24)7-9-16(17)13(2)21(25)26/h3-7,9,11,13H,8,10H2,1-2H3,(H,20,22)(H,23,24). The van der Waals surface area contributed by atoms with Crippen molar-refractivity contribution >= 4 is 17.6 Å². The number of carboxylic acids is 1. The maximum Gasteiger partial charge on any atom is 0.335 e. The Hall–Kier alpha value is -3.22. The van der Waals surface area contributed by atoms with Gasteiger partial charge in [0.1, 0.15) is 0 Å². The molecule has 0 bridgehead atoms. The molecule has 0 aliphatic heterocycles. The highest BCUT2D eigenvalue weighted by atomic mass is 16.6. The molecule has 1 amide bonds. The Bertz CT molecular complexity index is 848. The highest BCUT2D eigenvalue weighted by Crippen LogP contribution is 2.26. The molecule has 7 nitrogen and oxygen atoms in total. The smallest absolute Gasteiger partial charge is 0.335 e. The molecular formula is C19H20N2O5. The van der Waals surface area contributed by atoms with Crippen molar-refractivity contribution in [1.82, 2.24) is 0 Å². The molecule has 0 saturated carbocycles. The fourth-order valence-electron chi connectivity index (χ4n) is 2.63. The topological polar surface area (TPSA) is 110 Å². The third-order valence-corrected chi connectivity index (χ3v) is 4.22. The second kappa shape index (κ2) is 8.24. The molecule has 26 heavy (non-hydrogen) atoms. The number of aromatic carboxylic acids is 1. The van der Waals surface area contributed by atoms with E-state index in [2.05, 4.69) is 5.32 Å². The van der Waals surface area contributed by atoms with Crippen molar-refractivity contribution in [2.75, 3.05) is 5.32 Å². The summed E-state index contributed by atoms with van der Waals surface area (Å²) >= 11 is 0. The second-order valence-corrected chi connectivity index (χ2v) is 6.04. The van der Waals surface area contributed by atoms with Gasteiger partial charge in [-0.25, -0.2) is 4.79 Å². The molecule has 0 heterocycles. The molecule has 2 N–H and O–H groups in total. The first-order valence-electron chi connectivity index (χ1n) is 8.14. The van der Waals surface area contributed by atoms with Gasteiger partial charge in [-0.1, -0.05) is 24.3 Å². The third kappa shape index (κ3) is 4.66. The lowest BCUT2D eigenvalue weighted by molar-refractivity contribution is -0.524. The molecule has 0 aromatic heterocycles. The molecule has 0 aliphatic rings. The van der Waals surface area contributed by atoms with Crippen molar-refractivity contribution in [3.05, 3.63) is 74.8 Å². The van der Waals surface area contributed by atoms with Gasteiger partial charge in [-0.15, -0.1) is 0 Å². The summed E-state index contributed by atoms with van der Waals surface area (Å²) < 4.78 is 0. The van der Waals surface area contributed by atoms with Gasteiger partial charge in [-0.2, -0.15) is 0 Å². The maximum absolute atomic E-state index is 12.3. The summed E-state index contributed by atoms with van der Waals surface area (Å²) in [5.41, 5.74) is 2.50. The number of hydrogen-bond donors (Lipinski definition) is 2. The van der Waals surface area contributed by atoms with Crippen LogP contribution in [0.5, 0.6) is 0 Å². The van der Waals surface area contributed by atoms with Crippen LogP contribution in [0.4, 0.5) is 5.69 Å². The lowest BCUT2D eigenvalue weighted by atomic mass is 10.0. The Labute approximate surface area is 150 Å². The van der Waals surface area contributed by atoms with Gasteiger partial charge in [0.15, 0.2) is 0 Å². The normalized spacial score (nSPS) is 11.6. The van der Waals surface area contributed by atoms with Crippen LogP contribution in [0.25, 0.3) is 0 Å². The number of nitro groups is 1. The zero-order chi connectivity index (χ0) is 19.3. The number of nitrogens with zero attached hydrogens (tertiary/aromatic N) is 1. The molecule has 0 aliphatic carbocycles. The molecule has 136 valence electrons. The number of nitrogens with one attached hydrogen (secondary N) is 1. The molecule has 2 aromatic rings. The zero-order valence-corrected chi connectivity index (χ0v) is 14.6. The molecule has 0 spiro atoms. The number of carbonyl (C=O) groups is 2. The summed E-state index contributed by atoms with van der Waals surface area (Å²) in [6.07, 6.45) is 0.714. The highest BCUT2D eigenvalue weighted by Gasteiger charge is 2.22. The van der Waals surface area contributed by atoms with Gasteiger partial charge in [-0.05, 0) is 42.7 Å². The molecule has 0 fully saturated rings. The van der Waals surface area contributed by atoms with Gasteiger partial charge in [-0.3, -0.25) is 14.9 Å². The fourth-order valence-corrected chi connectivity index (χ4v) is 2.63. The number of rotatable bonds is 7. The summed E-state index contributed by atoms with van der Waals surface area (Å²) in [7, 11) is 0. The van der Waals surface area contributed by atoms with Gasteiger partial charge in [0.05, 0.1) is 11.3 Å². The third-order valence-electron chi connectivity index (χ3n) is 4.22. The van der Waals surface area contributed by atoms with E-state index in [1.165, 1.54) is 25.1 Å². The number of carboxylic acid groups (broad SMARTS) is 1. The van der Waals surface area contributed by atoms with E-state index >= 15 is 0 Å². The largest absolute Gasteiger partial charge is 0.478 e. The van der Waals surface area contributed by atoms with E-state index in [1.54, 1.807) is 0 Å². The average molecular weight is 356 g/mol. The van der Waals surface area contributed by atoms with Crippen LogP contribution in [0, 0.1) is 17.0 Å². The van der Waals surface area contributed by atoms with E-state index in [-0.39, 0.29) is 29.1 Å². The first kappa shape index (κ1) is 19.1. The average Bonchev–Trinajstić information content (AvgIpc) is 2.60. The van der Waals surface area contributed by atoms with Gasteiger partial charge >= 0.3 is 5.97 Å². The van der Waals surface area contributed by atoms with Crippen LogP contribution in [0.2, 0.25) is 0 Å². The second-order valence-electron chi connectivity index (χ2n) is 6.04. The Kier molecular flexibility index (Phi) is 6.06. The quantitative estimate of drug-likeness (QED) is 0.582. The first-order chi connectivity index (χ1) is 12.3. The van der Waals surface area contributed by atoms with Crippen molar-refractivity contribution in [1.29, 1.82) is 0 Å².